The van der Waals surface area contributed by atoms with Crippen LogP contribution in [0.15, 0.2) is 53.4 Å². The molecule has 0 bridgehead atoms. The van der Waals surface area contributed by atoms with Crippen molar-refractivity contribution in [2.24, 2.45) is 5.73 Å². The molecule has 0 heterocycles. The van der Waals surface area contributed by atoms with Crippen molar-refractivity contribution in [3.8, 4) is 5.75 Å². The smallest absolute Gasteiger partial charge is 0.136 e. The summed E-state index contributed by atoms with van der Waals surface area (Å²) in [5.74, 6) is 1.23. The molecule has 0 amide bonds. The Hall–Kier alpha value is -1.52. The lowest BCUT2D eigenvalue weighted by molar-refractivity contribution is 0.242. The highest BCUT2D eigenvalue weighted by Gasteiger charge is 2.10. The van der Waals surface area contributed by atoms with E-state index in [-0.39, 0.29) is 18.0 Å². The molecule has 0 aliphatic heterocycles. The zero-order valence-corrected chi connectivity index (χ0v) is 13.1. The van der Waals surface area contributed by atoms with Crippen LogP contribution in [0.25, 0.3) is 0 Å². The van der Waals surface area contributed by atoms with Crippen molar-refractivity contribution in [2.45, 2.75) is 30.9 Å². The molecule has 0 aromatic heterocycles. The molecule has 2 aromatic rings. The Morgan fingerprint density at radius 3 is 2.62 bits per heavy atom. The summed E-state index contributed by atoms with van der Waals surface area (Å²) in [4.78, 5) is 0.627. The molecule has 2 rings (SSSR count). The van der Waals surface area contributed by atoms with Gasteiger partial charge < -0.3 is 10.5 Å². The third-order valence-electron chi connectivity index (χ3n) is 2.91. The van der Waals surface area contributed by atoms with E-state index in [1.165, 1.54) is 17.8 Å². The maximum Gasteiger partial charge on any atom is 0.136 e. The fourth-order valence-electron chi connectivity index (χ4n) is 1.93. The highest BCUT2D eigenvalue weighted by atomic mass is 32.2. The van der Waals surface area contributed by atoms with Crippen LogP contribution in [0, 0.1) is 5.82 Å². The minimum absolute atomic E-state index is 0.129. The molecule has 0 saturated heterocycles. The van der Waals surface area contributed by atoms with E-state index in [9.17, 15) is 4.39 Å². The standard InChI is InChI=1S/C17H20FNOS/c1-12(2)20-14-7-5-6-13(10-14)16(19)11-21-17-9-4-3-8-15(17)18/h3-10,12,16H,11,19H2,1-2H3. The third-order valence-corrected chi connectivity index (χ3v) is 4.08. The van der Waals surface area contributed by atoms with Gasteiger partial charge in [-0.05, 0) is 43.7 Å². The van der Waals surface area contributed by atoms with E-state index >= 15 is 0 Å². The summed E-state index contributed by atoms with van der Waals surface area (Å²) in [5.41, 5.74) is 7.19. The second-order valence-corrected chi connectivity index (χ2v) is 6.15. The molecule has 0 aliphatic rings. The highest BCUT2D eigenvalue weighted by molar-refractivity contribution is 7.99. The van der Waals surface area contributed by atoms with Crippen molar-refractivity contribution in [1.82, 2.24) is 0 Å². The van der Waals surface area contributed by atoms with Crippen LogP contribution in [0.4, 0.5) is 4.39 Å². The fraction of sp³-hybridized carbons (Fsp3) is 0.294. The Balaban J connectivity index is 2.00. The molecule has 1 atom stereocenters. The van der Waals surface area contributed by atoms with E-state index < -0.39 is 0 Å². The molecule has 0 spiro atoms. The van der Waals surface area contributed by atoms with Crippen LogP contribution in [0.2, 0.25) is 0 Å². The predicted octanol–water partition coefficient (Wildman–Crippen LogP) is 4.41. The Morgan fingerprint density at radius 2 is 1.90 bits per heavy atom. The van der Waals surface area contributed by atoms with Gasteiger partial charge in [0.05, 0.1) is 6.10 Å². The van der Waals surface area contributed by atoms with Gasteiger partial charge in [0.1, 0.15) is 11.6 Å². The quantitative estimate of drug-likeness (QED) is 0.803. The number of ether oxygens (including phenoxy) is 1. The van der Waals surface area contributed by atoms with Gasteiger partial charge in [0.15, 0.2) is 0 Å². The summed E-state index contributed by atoms with van der Waals surface area (Å²) in [6.45, 7) is 3.97. The third kappa shape index (κ3) is 4.76. The van der Waals surface area contributed by atoms with Gasteiger partial charge in [0, 0.05) is 16.7 Å². The first-order valence-corrected chi connectivity index (χ1v) is 7.94. The summed E-state index contributed by atoms with van der Waals surface area (Å²) in [6.07, 6.45) is 0.129. The first-order valence-electron chi connectivity index (χ1n) is 6.96. The summed E-state index contributed by atoms with van der Waals surface area (Å²) in [7, 11) is 0. The van der Waals surface area contributed by atoms with E-state index in [0.717, 1.165) is 11.3 Å². The van der Waals surface area contributed by atoms with Crippen LogP contribution in [0.1, 0.15) is 25.5 Å². The molecular weight excluding hydrogens is 285 g/mol. The Kier molecular flexibility index (Phi) is 5.65. The molecule has 2 nitrogen and oxygen atoms in total. The van der Waals surface area contributed by atoms with Gasteiger partial charge in [-0.1, -0.05) is 24.3 Å². The van der Waals surface area contributed by atoms with Gasteiger partial charge in [-0.2, -0.15) is 0 Å². The summed E-state index contributed by atoms with van der Waals surface area (Å²) in [6, 6.07) is 14.4. The van der Waals surface area contributed by atoms with E-state index in [4.69, 9.17) is 10.5 Å². The monoisotopic (exact) mass is 305 g/mol. The van der Waals surface area contributed by atoms with Gasteiger partial charge in [-0.3, -0.25) is 0 Å². The Morgan fingerprint density at radius 1 is 1.14 bits per heavy atom. The van der Waals surface area contributed by atoms with Gasteiger partial charge in [0.2, 0.25) is 0 Å². The molecule has 0 radical (unpaired) electrons. The lowest BCUT2D eigenvalue weighted by atomic mass is 10.1. The number of thioether (sulfide) groups is 1. The zero-order valence-electron chi connectivity index (χ0n) is 12.3. The maximum absolute atomic E-state index is 13.6. The van der Waals surface area contributed by atoms with Crippen molar-refractivity contribution in [1.29, 1.82) is 0 Å². The van der Waals surface area contributed by atoms with Crippen molar-refractivity contribution in [3.05, 3.63) is 59.9 Å². The summed E-state index contributed by atoms with van der Waals surface area (Å²) >= 11 is 1.43. The average Bonchev–Trinajstić information content (AvgIpc) is 2.45. The van der Waals surface area contributed by atoms with E-state index in [0.29, 0.717) is 10.6 Å². The molecule has 4 heteroatoms. The largest absolute Gasteiger partial charge is 0.491 e. The Bertz CT molecular complexity index is 589. The molecule has 1 unspecified atom stereocenters. The first kappa shape index (κ1) is 15.9. The Labute approximate surface area is 129 Å². The van der Waals surface area contributed by atoms with Crippen molar-refractivity contribution < 1.29 is 9.13 Å². The molecule has 0 saturated carbocycles. The zero-order chi connectivity index (χ0) is 15.2. The SMILES string of the molecule is CC(C)Oc1cccc(C(N)CSc2ccccc2F)c1. The maximum atomic E-state index is 13.6. The number of nitrogens with two attached hydrogens (primary N) is 1. The van der Waals surface area contributed by atoms with Gasteiger partial charge in [-0.15, -0.1) is 11.8 Å². The molecule has 0 aliphatic carbocycles. The van der Waals surface area contributed by atoms with Crippen LogP contribution in [0.3, 0.4) is 0 Å². The van der Waals surface area contributed by atoms with Crippen molar-refractivity contribution in [3.63, 3.8) is 0 Å². The summed E-state index contributed by atoms with van der Waals surface area (Å²) < 4.78 is 19.2. The van der Waals surface area contributed by atoms with Crippen molar-refractivity contribution in [2.75, 3.05) is 5.75 Å². The van der Waals surface area contributed by atoms with E-state index in [1.54, 1.807) is 12.1 Å². The van der Waals surface area contributed by atoms with E-state index in [2.05, 4.69) is 0 Å². The molecule has 0 fully saturated rings. The van der Waals surface area contributed by atoms with E-state index in [1.807, 2.05) is 44.2 Å². The molecule has 2 N–H and O–H groups in total. The number of benzene rings is 2. The minimum Gasteiger partial charge on any atom is -0.491 e. The van der Waals surface area contributed by atoms with Crippen LogP contribution >= 0.6 is 11.8 Å². The minimum atomic E-state index is -0.202. The van der Waals surface area contributed by atoms with Crippen LogP contribution in [-0.2, 0) is 0 Å². The lowest BCUT2D eigenvalue weighted by Crippen LogP contribution is -2.13. The average molecular weight is 305 g/mol. The van der Waals surface area contributed by atoms with Gasteiger partial charge >= 0.3 is 0 Å². The molecular formula is C17H20FNOS. The van der Waals surface area contributed by atoms with Gasteiger partial charge in [-0.25, -0.2) is 4.39 Å². The highest BCUT2D eigenvalue weighted by Crippen LogP contribution is 2.27. The second-order valence-electron chi connectivity index (χ2n) is 5.09. The second kappa shape index (κ2) is 7.48. The number of hydrogen-bond acceptors (Lipinski definition) is 3. The van der Waals surface area contributed by atoms with Crippen LogP contribution in [0.5, 0.6) is 5.75 Å². The molecule has 112 valence electrons. The number of hydrogen-bond donors (Lipinski definition) is 1. The number of rotatable bonds is 6. The van der Waals surface area contributed by atoms with Crippen LogP contribution in [-0.4, -0.2) is 11.9 Å². The normalized spacial score (nSPS) is 12.4. The fourth-order valence-corrected chi connectivity index (χ4v) is 2.86. The lowest BCUT2D eigenvalue weighted by Gasteiger charge is -2.15. The number of halogens is 1. The molecule has 21 heavy (non-hydrogen) atoms. The van der Waals surface area contributed by atoms with Crippen molar-refractivity contribution >= 4 is 11.8 Å². The first-order chi connectivity index (χ1) is 10.1. The van der Waals surface area contributed by atoms with Crippen LogP contribution < -0.4 is 10.5 Å². The summed E-state index contributed by atoms with van der Waals surface area (Å²) in [5, 5.41) is 0. The molecule has 2 aromatic carbocycles. The topological polar surface area (TPSA) is 35.2 Å². The van der Waals surface area contributed by atoms with Gasteiger partial charge in [0.25, 0.3) is 0 Å². The predicted molar refractivity (Wildman–Crippen MR) is 86.3 cm³/mol.